The highest BCUT2D eigenvalue weighted by Crippen LogP contribution is 2.10. The SMILES string of the molecule is CN(C)c1cccc(B2OC=CO2)c1. The zero-order chi connectivity index (χ0) is 9.97. The van der Waals surface area contributed by atoms with Crippen LogP contribution in [0.15, 0.2) is 36.8 Å². The molecule has 4 heteroatoms. The standard InChI is InChI=1S/C10H12BNO2/c1-12(2)10-5-3-4-9(8-10)11-13-6-7-14-11/h3-8H,1-2H3. The lowest BCUT2D eigenvalue weighted by Crippen LogP contribution is -2.31. The van der Waals surface area contributed by atoms with Crippen molar-refractivity contribution in [2.45, 2.75) is 0 Å². The quantitative estimate of drug-likeness (QED) is 0.647. The van der Waals surface area contributed by atoms with Gasteiger partial charge in [0, 0.05) is 25.2 Å². The van der Waals surface area contributed by atoms with E-state index in [2.05, 4.69) is 6.07 Å². The van der Waals surface area contributed by atoms with Crippen molar-refractivity contribution in [2.24, 2.45) is 0 Å². The summed E-state index contributed by atoms with van der Waals surface area (Å²) in [6.45, 7) is 0. The van der Waals surface area contributed by atoms with Crippen LogP contribution in [0.4, 0.5) is 5.69 Å². The van der Waals surface area contributed by atoms with Gasteiger partial charge in [-0.05, 0) is 12.1 Å². The second-order valence-corrected chi connectivity index (χ2v) is 3.37. The van der Waals surface area contributed by atoms with Crippen LogP contribution in [0.2, 0.25) is 0 Å². The number of benzene rings is 1. The molecule has 3 nitrogen and oxygen atoms in total. The van der Waals surface area contributed by atoms with Crippen LogP contribution in [-0.2, 0) is 9.31 Å². The van der Waals surface area contributed by atoms with Crippen LogP contribution in [0.25, 0.3) is 0 Å². The Hall–Kier alpha value is -1.58. The van der Waals surface area contributed by atoms with E-state index in [4.69, 9.17) is 9.31 Å². The second-order valence-electron chi connectivity index (χ2n) is 3.37. The summed E-state index contributed by atoms with van der Waals surface area (Å²) in [5, 5.41) is 0. The Morgan fingerprint density at radius 3 is 2.50 bits per heavy atom. The summed E-state index contributed by atoms with van der Waals surface area (Å²) < 4.78 is 10.5. The van der Waals surface area contributed by atoms with Crippen molar-refractivity contribution in [2.75, 3.05) is 19.0 Å². The van der Waals surface area contributed by atoms with Crippen molar-refractivity contribution in [1.82, 2.24) is 0 Å². The molecule has 0 radical (unpaired) electrons. The Labute approximate surface area is 84.1 Å². The van der Waals surface area contributed by atoms with Crippen LogP contribution in [-0.4, -0.2) is 21.2 Å². The van der Waals surface area contributed by atoms with Gasteiger partial charge in [0.2, 0.25) is 0 Å². The van der Waals surface area contributed by atoms with Gasteiger partial charge in [-0.3, -0.25) is 0 Å². The molecule has 1 aliphatic rings. The number of nitrogens with zero attached hydrogens (tertiary/aromatic N) is 1. The van der Waals surface area contributed by atoms with Gasteiger partial charge in [0.25, 0.3) is 0 Å². The molecule has 2 rings (SSSR count). The van der Waals surface area contributed by atoms with E-state index in [9.17, 15) is 0 Å². The lowest BCUT2D eigenvalue weighted by Gasteiger charge is -2.13. The minimum absolute atomic E-state index is 0.283. The fourth-order valence-corrected chi connectivity index (χ4v) is 1.35. The topological polar surface area (TPSA) is 21.7 Å². The Morgan fingerprint density at radius 1 is 1.14 bits per heavy atom. The van der Waals surface area contributed by atoms with Crippen LogP contribution in [0.1, 0.15) is 0 Å². The number of rotatable bonds is 2. The summed E-state index contributed by atoms with van der Waals surface area (Å²) in [7, 11) is 3.73. The molecular weight excluding hydrogens is 177 g/mol. The average molecular weight is 189 g/mol. The Morgan fingerprint density at radius 2 is 1.86 bits per heavy atom. The summed E-state index contributed by atoms with van der Waals surface area (Å²) >= 11 is 0. The highest BCUT2D eigenvalue weighted by molar-refractivity contribution is 6.62. The minimum atomic E-state index is -0.283. The first-order chi connectivity index (χ1) is 6.77. The summed E-state index contributed by atoms with van der Waals surface area (Å²) in [6.07, 6.45) is 3.12. The van der Waals surface area contributed by atoms with E-state index >= 15 is 0 Å². The maximum absolute atomic E-state index is 5.25. The zero-order valence-electron chi connectivity index (χ0n) is 8.31. The number of anilines is 1. The van der Waals surface area contributed by atoms with E-state index in [0.29, 0.717) is 0 Å². The van der Waals surface area contributed by atoms with Gasteiger partial charge in [0.1, 0.15) is 0 Å². The second kappa shape index (κ2) is 3.66. The number of hydrogen-bond acceptors (Lipinski definition) is 3. The molecule has 72 valence electrons. The third-order valence-electron chi connectivity index (χ3n) is 2.12. The molecular formula is C10H12BNO2. The van der Waals surface area contributed by atoms with Gasteiger partial charge in [0.15, 0.2) is 0 Å². The molecule has 1 aliphatic heterocycles. The highest BCUT2D eigenvalue weighted by Gasteiger charge is 2.26. The predicted molar refractivity (Wildman–Crippen MR) is 57.5 cm³/mol. The predicted octanol–water partition coefficient (Wildman–Crippen LogP) is 0.966. The van der Waals surface area contributed by atoms with Gasteiger partial charge in [-0.2, -0.15) is 0 Å². The fourth-order valence-electron chi connectivity index (χ4n) is 1.35. The van der Waals surface area contributed by atoms with Crippen LogP contribution in [0, 0.1) is 0 Å². The van der Waals surface area contributed by atoms with Crippen LogP contribution in [0.3, 0.4) is 0 Å². The van der Waals surface area contributed by atoms with Gasteiger partial charge in [-0.1, -0.05) is 12.1 Å². The molecule has 0 bridgehead atoms. The maximum Gasteiger partial charge on any atom is 0.632 e. The van der Waals surface area contributed by atoms with Crippen molar-refractivity contribution in [3.05, 3.63) is 36.8 Å². The molecule has 0 amide bonds. The van der Waals surface area contributed by atoms with Crippen LogP contribution in [0.5, 0.6) is 0 Å². The third-order valence-corrected chi connectivity index (χ3v) is 2.12. The first-order valence-electron chi connectivity index (χ1n) is 4.50. The molecule has 0 unspecified atom stereocenters. The van der Waals surface area contributed by atoms with Crippen LogP contribution < -0.4 is 10.4 Å². The van der Waals surface area contributed by atoms with Crippen molar-refractivity contribution in [3.63, 3.8) is 0 Å². The maximum atomic E-state index is 5.25. The van der Waals surface area contributed by atoms with Gasteiger partial charge in [-0.15, -0.1) is 0 Å². The summed E-state index contributed by atoms with van der Waals surface area (Å²) in [6, 6.07) is 8.09. The minimum Gasteiger partial charge on any atom is -0.525 e. The molecule has 1 aromatic carbocycles. The Balaban J connectivity index is 2.21. The normalized spacial score (nSPS) is 13.7. The molecule has 0 saturated carbocycles. The van der Waals surface area contributed by atoms with Crippen LogP contribution >= 0.6 is 0 Å². The molecule has 0 spiro atoms. The zero-order valence-corrected chi connectivity index (χ0v) is 8.31. The third kappa shape index (κ3) is 1.69. The van der Waals surface area contributed by atoms with Crippen molar-refractivity contribution >= 4 is 18.3 Å². The van der Waals surface area contributed by atoms with E-state index in [1.54, 1.807) is 12.5 Å². The lowest BCUT2D eigenvalue weighted by atomic mass is 9.79. The van der Waals surface area contributed by atoms with E-state index in [1.807, 2.05) is 37.2 Å². The van der Waals surface area contributed by atoms with Gasteiger partial charge >= 0.3 is 7.12 Å². The molecule has 0 fully saturated rings. The van der Waals surface area contributed by atoms with Crippen molar-refractivity contribution in [3.8, 4) is 0 Å². The summed E-state index contributed by atoms with van der Waals surface area (Å²) in [4.78, 5) is 2.05. The molecule has 0 aromatic heterocycles. The molecule has 14 heavy (non-hydrogen) atoms. The van der Waals surface area contributed by atoms with E-state index in [0.717, 1.165) is 11.2 Å². The molecule has 0 N–H and O–H groups in total. The molecule has 0 atom stereocenters. The average Bonchev–Trinajstić information content (AvgIpc) is 2.71. The van der Waals surface area contributed by atoms with Gasteiger partial charge in [0.05, 0.1) is 12.5 Å². The summed E-state index contributed by atoms with van der Waals surface area (Å²) in [5.74, 6) is 0. The number of hydrogen-bond donors (Lipinski definition) is 0. The largest absolute Gasteiger partial charge is 0.632 e. The van der Waals surface area contributed by atoms with E-state index in [1.165, 1.54) is 0 Å². The molecule has 1 aromatic rings. The van der Waals surface area contributed by atoms with Crippen molar-refractivity contribution < 1.29 is 9.31 Å². The monoisotopic (exact) mass is 189 g/mol. The summed E-state index contributed by atoms with van der Waals surface area (Å²) in [5.41, 5.74) is 2.17. The lowest BCUT2D eigenvalue weighted by molar-refractivity contribution is 0.423. The first kappa shape index (κ1) is 9.00. The fraction of sp³-hybridized carbons (Fsp3) is 0.200. The highest BCUT2D eigenvalue weighted by atomic mass is 16.6. The first-order valence-corrected chi connectivity index (χ1v) is 4.50. The smallest absolute Gasteiger partial charge is 0.525 e. The van der Waals surface area contributed by atoms with Crippen molar-refractivity contribution in [1.29, 1.82) is 0 Å². The molecule has 1 heterocycles. The molecule has 0 saturated heterocycles. The van der Waals surface area contributed by atoms with Gasteiger partial charge < -0.3 is 14.2 Å². The van der Waals surface area contributed by atoms with E-state index in [-0.39, 0.29) is 7.12 Å². The Bertz CT molecular complexity index is 344. The molecule has 0 aliphatic carbocycles. The Kier molecular flexibility index (Phi) is 2.35. The van der Waals surface area contributed by atoms with E-state index < -0.39 is 0 Å². The van der Waals surface area contributed by atoms with Gasteiger partial charge in [-0.25, -0.2) is 0 Å².